The summed E-state index contributed by atoms with van der Waals surface area (Å²) >= 11 is 1.48. The molecule has 0 aliphatic heterocycles. The van der Waals surface area contributed by atoms with Crippen LogP contribution in [0.2, 0.25) is 0 Å². The summed E-state index contributed by atoms with van der Waals surface area (Å²) in [7, 11) is 3.41. The summed E-state index contributed by atoms with van der Waals surface area (Å²) in [6, 6.07) is 7.78. The van der Waals surface area contributed by atoms with Crippen molar-refractivity contribution >= 4 is 22.4 Å². The molecule has 1 amide bonds. The van der Waals surface area contributed by atoms with Crippen LogP contribution in [0.4, 0.5) is 5.13 Å². The van der Waals surface area contributed by atoms with Crippen molar-refractivity contribution in [2.24, 2.45) is 0 Å². The number of carbonyl (C=O) groups is 1. The highest BCUT2D eigenvalue weighted by Crippen LogP contribution is 2.22. The Labute approximate surface area is 123 Å². The van der Waals surface area contributed by atoms with E-state index in [1.165, 1.54) is 11.3 Å². The van der Waals surface area contributed by atoms with Crippen LogP contribution in [0.3, 0.4) is 0 Å². The molecule has 2 aromatic rings. The van der Waals surface area contributed by atoms with E-state index in [2.05, 4.69) is 4.98 Å². The molecule has 0 saturated carbocycles. The molecule has 0 unspecified atom stereocenters. The fourth-order valence-electron chi connectivity index (χ4n) is 1.92. The van der Waals surface area contributed by atoms with Crippen molar-refractivity contribution in [3.05, 3.63) is 40.9 Å². The second-order valence-electron chi connectivity index (χ2n) is 4.54. The van der Waals surface area contributed by atoms with E-state index in [4.69, 9.17) is 4.74 Å². The van der Waals surface area contributed by atoms with Crippen LogP contribution in [-0.4, -0.2) is 25.0 Å². The Morgan fingerprint density at radius 3 is 2.80 bits per heavy atom. The predicted molar refractivity (Wildman–Crippen MR) is 81.6 cm³/mol. The van der Waals surface area contributed by atoms with Gasteiger partial charge in [-0.25, -0.2) is 4.98 Å². The number of thiazole rings is 1. The van der Waals surface area contributed by atoms with E-state index in [0.29, 0.717) is 12.8 Å². The van der Waals surface area contributed by atoms with Crippen LogP contribution in [0.5, 0.6) is 5.75 Å². The smallest absolute Gasteiger partial charge is 0.228 e. The molecule has 106 valence electrons. The highest BCUT2D eigenvalue weighted by atomic mass is 32.1. The predicted octanol–water partition coefficient (Wildman–Crippen LogP) is 3.06. The topological polar surface area (TPSA) is 42.4 Å². The molecule has 4 nitrogen and oxygen atoms in total. The molecule has 1 aromatic carbocycles. The highest BCUT2D eigenvalue weighted by Gasteiger charge is 2.14. The van der Waals surface area contributed by atoms with Gasteiger partial charge >= 0.3 is 0 Å². The summed E-state index contributed by atoms with van der Waals surface area (Å²) in [5.74, 6) is 0.887. The van der Waals surface area contributed by atoms with E-state index >= 15 is 0 Å². The van der Waals surface area contributed by atoms with Gasteiger partial charge < -0.3 is 4.74 Å². The van der Waals surface area contributed by atoms with Gasteiger partial charge in [0.25, 0.3) is 0 Å². The number of nitrogens with zero attached hydrogens (tertiary/aromatic N) is 2. The monoisotopic (exact) mass is 290 g/mol. The Morgan fingerprint density at radius 2 is 2.15 bits per heavy atom. The van der Waals surface area contributed by atoms with E-state index in [9.17, 15) is 4.79 Å². The molecule has 0 radical (unpaired) electrons. The Kier molecular flexibility index (Phi) is 4.74. The Hall–Kier alpha value is -1.88. The minimum Gasteiger partial charge on any atom is -0.496 e. The first-order valence-corrected chi connectivity index (χ1v) is 7.30. The minimum absolute atomic E-state index is 0.0604. The van der Waals surface area contributed by atoms with Gasteiger partial charge in [-0.2, -0.15) is 0 Å². The number of anilines is 1. The van der Waals surface area contributed by atoms with Gasteiger partial charge in [0.1, 0.15) is 5.75 Å². The molecule has 0 bridgehead atoms. The molecule has 0 fully saturated rings. The van der Waals surface area contributed by atoms with E-state index in [1.54, 1.807) is 19.1 Å². The van der Waals surface area contributed by atoms with Crippen molar-refractivity contribution in [2.75, 3.05) is 19.1 Å². The van der Waals surface area contributed by atoms with Crippen molar-refractivity contribution in [2.45, 2.75) is 19.8 Å². The van der Waals surface area contributed by atoms with Gasteiger partial charge in [0.15, 0.2) is 5.13 Å². The lowest BCUT2D eigenvalue weighted by molar-refractivity contribution is -0.118. The minimum atomic E-state index is 0.0604. The van der Waals surface area contributed by atoms with Gasteiger partial charge in [0, 0.05) is 18.8 Å². The number of aryl methyl sites for hydroxylation is 2. The van der Waals surface area contributed by atoms with E-state index in [-0.39, 0.29) is 5.91 Å². The molecular weight excluding hydrogens is 272 g/mol. The molecule has 5 heteroatoms. The van der Waals surface area contributed by atoms with Crippen LogP contribution in [0.15, 0.2) is 29.6 Å². The first-order valence-electron chi connectivity index (χ1n) is 6.42. The molecule has 0 aliphatic carbocycles. The largest absolute Gasteiger partial charge is 0.496 e. The van der Waals surface area contributed by atoms with Crippen molar-refractivity contribution in [3.8, 4) is 5.75 Å². The second-order valence-corrected chi connectivity index (χ2v) is 5.37. The third-order valence-corrected chi connectivity index (χ3v) is 4.10. The molecule has 20 heavy (non-hydrogen) atoms. The van der Waals surface area contributed by atoms with Crippen molar-refractivity contribution in [1.82, 2.24) is 4.98 Å². The maximum atomic E-state index is 12.2. The zero-order chi connectivity index (χ0) is 14.5. The molecule has 1 heterocycles. The summed E-state index contributed by atoms with van der Waals surface area (Å²) in [4.78, 5) is 18.1. The summed E-state index contributed by atoms with van der Waals surface area (Å²) in [5, 5.41) is 2.69. The number of methoxy groups -OCH3 is 1. The quantitative estimate of drug-likeness (QED) is 0.850. The number of hydrogen-bond acceptors (Lipinski definition) is 4. The lowest BCUT2D eigenvalue weighted by Gasteiger charge is -2.14. The summed E-state index contributed by atoms with van der Waals surface area (Å²) < 4.78 is 5.29. The van der Waals surface area contributed by atoms with Crippen LogP contribution < -0.4 is 9.64 Å². The van der Waals surface area contributed by atoms with E-state index in [1.807, 2.05) is 36.6 Å². The molecule has 0 aliphatic rings. The molecule has 0 saturated heterocycles. The third kappa shape index (κ3) is 3.36. The number of aromatic nitrogens is 1. The fourth-order valence-corrected chi connectivity index (χ4v) is 2.71. The lowest BCUT2D eigenvalue weighted by Crippen LogP contribution is -2.26. The van der Waals surface area contributed by atoms with Crippen LogP contribution in [0, 0.1) is 6.92 Å². The van der Waals surface area contributed by atoms with Crippen LogP contribution >= 0.6 is 11.3 Å². The molecule has 1 aromatic heterocycles. The number of carbonyl (C=O) groups excluding carboxylic acids is 1. The highest BCUT2D eigenvalue weighted by molar-refractivity contribution is 7.14. The van der Waals surface area contributed by atoms with Crippen molar-refractivity contribution in [3.63, 3.8) is 0 Å². The zero-order valence-electron chi connectivity index (χ0n) is 11.9. The Balaban J connectivity index is 1.98. The third-order valence-electron chi connectivity index (χ3n) is 3.07. The van der Waals surface area contributed by atoms with Crippen LogP contribution in [0.25, 0.3) is 0 Å². The van der Waals surface area contributed by atoms with Gasteiger partial charge in [0.05, 0.1) is 12.8 Å². The Bertz CT molecular complexity index is 595. The van der Waals surface area contributed by atoms with E-state index < -0.39 is 0 Å². The Morgan fingerprint density at radius 1 is 1.40 bits per heavy atom. The maximum absolute atomic E-state index is 12.2. The number of amides is 1. The average molecular weight is 290 g/mol. The fraction of sp³-hybridized carbons (Fsp3) is 0.333. The number of hydrogen-bond donors (Lipinski definition) is 0. The van der Waals surface area contributed by atoms with Crippen molar-refractivity contribution in [1.29, 1.82) is 0 Å². The number of rotatable bonds is 5. The molecule has 0 spiro atoms. The summed E-state index contributed by atoms with van der Waals surface area (Å²) in [6.07, 6.45) is 1.10. The van der Waals surface area contributed by atoms with Gasteiger partial charge in [-0.15, -0.1) is 11.3 Å². The molecule has 0 atom stereocenters. The van der Waals surface area contributed by atoms with Crippen LogP contribution in [-0.2, 0) is 11.2 Å². The van der Waals surface area contributed by atoms with Crippen LogP contribution in [0.1, 0.15) is 17.7 Å². The SMILES string of the molecule is COc1ccccc1CCC(=O)N(C)c1nc(C)cs1. The maximum Gasteiger partial charge on any atom is 0.228 e. The summed E-state index contributed by atoms with van der Waals surface area (Å²) in [5.41, 5.74) is 1.99. The number of para-hydroxylation sites is 1. The van der Waals surface area contributed by atoms with Gasteiger partial charge in [-0.3, -0.25) is 9.69 Å². The molecule has 0 N–H and O–H groups in total. The summed E-state index contributed by atoms with van der Waals surface area (Å²) in [6.45, 7) is 1.92. The van der Waals surface area contributed by atoms with Crippen molar-refractivity contribution < 1.29 is 9.53 Å². The standard InChI is InChI=1S/C15H18N2O2S/c1-11-10-20-15(16-11)17(2)14(18)9-8-12-6-4-5-7-13(12)19-3/h4-7,10H,8-9H2,1-3H3. The molecular formula is C15H18N2O2S. The van der Waals surface area contributed by atoms with Gasteiger partial charge in [-0.05, 0) is 25.0 Å². The van der Waals surface area contributed by atoms with E-state index in [0.717, 1.165) is 22.1 Å². The molecule has 2 rings (SSSR count). The number of benzene rings is 1. The van der Waals surface area contributed by atoms with Gasteiger partial charge in [0.2, 0.25) is 5.91 Å². The lowest BCUT2D eigenvalue weighted by atomic mass is 10.1. The second kappa shape index (κ2) is 6.52. The normalized spacial score (nSPS) is 10.3. The average Bonchev–Trinajstić information content (AvgIpc) is 2.90. The number of ether oxygens (including phenoxy) is 1. The first-order chi connectivity index (χ1) is 9.61. The van der Waals surface area contributed by atoms with Gasteiger partial charge in [-0.1, -0.05) is 18.2 Å². The first kappa shape index (κ1) is 14.5. The zero-order valence-corrected chi connectivity index (χ0v) is 12.7.